The van der Waals surface area contributed by atoms with Crippen LogP contribution in [0.3, 0.4) is 0 Å². The van der Waals surface area contributed by atoms with Gasteiger partial charge >= 0.3 is 5.97 Å². The number of nitrogens with one attached hydrogen (secondary N) is 1. The van der Waals surface area contributed by atoms with Gasteiger partial charge in [-0.2, -0.15) is 0 Å². The molecule has 1 aromatic carbocycles. The van der Waals surface area contributed by atoms with Gasteiger partial charge in [-0.1, -0.05) is 0 Å². The molecule has 154 valence electrons. The Morgan fingerprint density at radius 2 is 1.93 bits per heavy atom. The fourth-order valence-corrected chi connectivity index (χ4v) is 3.21. The molecule has 8 heteroatoms. The van der Waals surface area contributed by atoms with Crippen molar-refractivity contribution in [2.75, 3.05) is 20.2 Å². The van der Waals surface area contributed by atoms with E-state index in [4.69, 9.17) is 9.47 Å². The summed E-state index contributed by atoms with van der Waals surface area (Å²) in [6.07, 6.45) is 4.42. The number of nitrogens with zero attached hydrogens (tertiary/aromatic N) is 1. The van der Waals surface area contributed by atoms with Crippen LogP contribution in [0.2, 0.25) is 0 Å². The Hall–Kier alpha value is -2.77. The Kier molecular flexibility index (Phi) is 7.66. The zero-order valence-corrected chi connectivity index (χ0v) is 16.6. The number of amides is 2. The number of carbonyl (C=O) groups is 3. The van der Waals surface area contributed by atoms with E-state index < -0.39 is 17.9 Å². The van der Waals surface area contributed by atoms with E-state index in [0.29, 0.717) is 17.1 Å². The molecule has 2 N–H and O–H groups in total. The highest BCUT2D eigenvalue weighted by atomic mass is 16.5. The summed E-state index contributed by atoms with van der Waals surface area (Å²) in [5.41, 5.74) is 0.298. The standard InChI is InChI=1S/C20H28N2O6/c1-13(20(25)26)22(11-10-21-14(2)23)19(24)15-8-9-17(18(12-15)27-3)28-16-6-4-5-7-16/h8-9,12-13,16H,4-7,10-11H2,1-3H3,(H,21,23)(H,25,26). The maximum Gasteiger partial charge on any atom is 0.326 e. The first-order valence-corrected chi connectivity index (χ1v) is 9.46. The number of hydrogen-bond acceptors (Lipinski definition) is 5. The normalized spacial score (nSPS) is 15.0. The van der Waals surface area contributed by atoms with Gasteiger partial charge < -0.3 is 24.8 Å². The lowest BCUT2D eigenvalue weighted by Gasteiger charge is -2.27. The van der Waals surface area contributed by atoms with Crippen molar-refractivity contribution in [1.29, 1.82) is 0 Å². The molecule has 2 amide bonds. The third kappa shape index (κ3) is 5.61. The number of ether oxygens (including phenoxy) is 2. The van der Waals surface area contributed by atoms with Crippen molar-refractivity contribution in [2.45, 2.75) is 51.7 Å². The molecule has 0 bridgehead atoms. The number of rotatable bonds is 9. The molecule has 0 spiro atoms. The van der Waals surface area contributed by atoms with Crippen molar-refractivity contribution in [3.63, 3.8) is 0 Å². The van der Waals surface area contributed by atoms with Crippen LogP contribution < -0.4 is 14.8 Å². The lowest BCUT2D eigenvalue weighted by Crippen LogP contribution is -2.46. The topological polar surface area (TPSA) is 105 Å². The van der Waals surface area contributed by atoms with Gasteiger partial charge in [0.1, 0.15) is 6.04 Å². The van der Waals surface area contributed by atoms with Gasteiger partial charge in [0.2, 0.25) is 5.91 Å². The van der Waals surface area contributed by atoms with Crippen LogP contribution in [0.5, 0.6) is 11.5 Å². The van der Waals surface area contributed by atoms with E-state index in [9.17, 15) is 19.5 Å². The SMILES string of the molecule is COc1cc(C(=O)N(CCNC(C)=O)C(C)C(=O)O)ccc1OC1CCCC1. The number of benzene rings is 1. The lowest BCUT2D eigenvalue weighted by atomic mass is 10.1. The van der Waals surface area contributed by atoms with Gasteiger partial charge in [-0.15, -0.1) is 0 Å². The van der Waals surface area contributed by atoms with E-state index in [2.05, 4.69) is 5.32 Å². The molecule has 1 aliphatic carbocycles. The van der Waals surface area contributed by atoms with E-state index in [1.807, 2.05) is 0 Å². The van der Waals surface area contributed by atoms with Gasteiger partial charge in [-0.3, -0.25) is 9.59 Å². The molecular formula is C20H28N2O6. The van der Waals surface area contributed by atoms with Crippen LogP contribution in [0.25, 0.3) is 0 Å². The summed E-state index contributed by atoms with van der Waals surface area (Å²) in [6.45, 7) is 3.04. The fourth-order valence-electron chi connectivity index (χ4n) is 3.21. The van der Waals surface area contributed by atoms with Crippen LogP contribution in [-0.2, 0) is 9.59 Å². The van der Waals surface area contributed by atoms with Gasteiger partial charge in [0.05, 0.1) is 13.2 Å². The fraction of sp³-hybridized carbons (Fsp3) is 0.550. The van der Waals surface area contributed by atoms with Gasteiger partial charge in [0.15, 0.2) is 11.5 Å². The molecule has 0 radical (unpaired) electrons. The largest absolute Gasteiger partial charge is 0.493 e. The Balaban J connectivity index is 2.19. The van der Waals surface area contributed by atoms with Gasteiger partial charge in [-0.25, -0.2) is 4.79 Å². The van der Waals surface area contributed by atoms with Crippen molar-refractivity contribution >= 4 is 17.8 Å². The summed E-state index contributed by atoms with van der Waals surface area (Å²) in [5.74, 6) is -0.815. The molecular weight excluding hydrogens is 364 g/mol. The summed E-state index contributed by atoms with van der Waals surface area (Å²) >= 11 is 0. The quantitative estimate of drug-likeness (QED) is 0.667. The number of hydrogen-bond donors (Lipinski definition) is 2. The second kappa shape index (κ2) is 9.96. The molecule has 0 saturated heterocycles. The van der Waals surface area contributed by atoms with E-state index in [-0.39, 0.29) is 25.1 Å². The minimum atomic E-state index is -1.12. The van der Waals surface area contributed by atoms with E-state index in [1.165, 1.54) is 25.9 Å². The van der Waals surface area contributed by atoms with E-state index >= 15 is 0 Å². The van der Waals surface area contributed by atoms with Crippen molar-refractivity contribution in [1.82, 2.24) is 10.2 Å². The molecule has 1 saturated carbocycles. The number of carbonyl (C=O) groups excluding carboxylic acids is 2. The van der Waals surface area contributed by atoms with Crippen LogP contribution >= 0.6 is 0 Å². The molecule has 1 fully saturated rings. The van der Waals surface area contributed by atoms with Crippen LogP contribution in [0.15, 0.2) is 18.2 Å². The zero-order chi connectivity index (χ0) is 20.7. The molecule has 1 aromatic rings. The smallest absolute Gasteiger partial charge is 0.326 e. The summed E-state index contributed by atoms with van der Waals surface area (Å²) < 4.78 is 11.4. The van der Waals surface area contributed by atoms with Crippen LogP contribution in [-0.4, -0.2) is 60.1 Å². The van der Waals surface area contributed by atoms with Crippen molar-refractivity contribution in [2.24, 2.45) is 0 Å². The van der Waals surface area contributed by atoms with Gasteiger partial charge in [-0.05, 0) is 50.8 Å². The van der Waals surface area contributed by atoms with Gasteiger partial charge in [0.25, 0.3) is 5.91 Å². The summed E-state index contributed by atoms with van der Waals surface area (Å²) in [7, 11) is 1.50. The molecule has 0 aliphatic heterocycles. The van der Waals surface area contributed by atoms with Gasteiger partial charge in [0, 0.05) is 25.6 Å². The third-order valence-electron chi connectivity index (χ3n) is 4.82. The Bertz CT molecular complexity index is 715. The minimum absolute atomic E-state index is 0.0779. The highest BCUT2D eigenvalue weighted by Crippen LogP contribution is 2.32. The maximum absolute atomic E-state index is 12.9. The second-order valence-electron chi connectivity index (χ2n) is 6.89. The van der Waals surface area contributed by atoms with Crippen molar-refractivity contribution in [3.8, 4) is 11.5 Å². The monoisotopic (exact) mass is 392 g/mol. The Morgan fingerprint density at radius 3 is 2.50 bits per heavy atom. The molecule has 0 heterocycles. The van der Waals surface area contributed by atoms with E-state index in [0.717, 1.165) is 25.7 Å². The van der Waals surface area contributed by atoms with E-state index in [1.54, 1.807) is 18.2 Å². The molecule has 8 nitrogen and oxygen atoms in total. The molecule has 2 rings (SSSR count). The predicted octanol–water partition coefficient (Wildman–Crippen LogP) is 2.07. The second-order valence-corrected chi connectivity index (χ2v) is 6.89. The predicted molar refractivity (Wildman–Crippen MR) is 103 cm³/mol. The third-order valence-corrected chi connectivity index (χ3v) is 4.82. The first-order chi connectivity index (χ1) is 13.3. The molecule has 1 aliphatic rings. The number of carboxylic acid groups (broad SMARTS) is 1. The maximum atomic E-state index is 12.9. The minimum Gasteiger partial charge on any atom is -0.493 e. The first-order valence-electron chi connectivity index (χ1n) is 9.46. The summed E-state index contributed by atoms with van der Waals surface area (Å²) in [5, 5.41) is 11.9. The van der Waals surface area contributed by atoms with Crippen LogP contribution in [0, 0.1) is 0 Å². The molecule has 28 heavy (non-hydrogen) atoms. The number of methoxy groups -OCH3 is 1. The summed E-state index contributed by atoms with van der Waals surface area (Å²) in [4.78, 5) is 36.6. The summed E-state index contributed by atoms with van der Waals surface area (Å²) in [6, 6.07) is 3.81. The number of carboxylic acids is 1. The Morgan fingerprint density at radius 1 is 1.25 bits per heavy atom. The lowest BCUT2D eigenvalue weighted by molar-refractivity contribution is -0.141. The van der Waals surface area contributed by atoms with Crippen molar-refractivity contribution < 1.29 is 29.0 Å². The van der Waals surface area contributed by atoms with Crippen LogP contribution in [0.4, 0.5) is 0 Å². The molecule has 1 unspecified atom stereocenters. The first kappa shape index (κ1) is 21.5. The highest BCUT2D eigenvalue weighted by molar-refractivity contribution is 5.97. The van der Waals surface area contributed by atoms with Crippen LogP contribution in [0.1, 0.15) is 49.9 Å². The average molecular weight is 392 g/mol. The molecule has 1 atom stereocenters. The Labute approximate surface area is 164 Å². The zero-order valence-electron chi connectivity index (χ0n) is 16.6. The van der Waals surface area contributed by atoms with Crippen molar-refractivity contribution in [3.05, 3.63) is 23.8 Å². The average Bonchev–Trinajstić information content (AvgIpc) is 3.17. The highest BCUT2D eigenvalue weighted by Gasteiger charge is 2.27. The number of aliphatic carboxylic acids is 1. The molecule has 0 aromatic heterocycles.